The molecule has 0 spiro atoms. The topological polar surface area (TPSA) is 140 Å². The zero-order valence-corrected chi connectivity index (χ0v) is 25.9. The summed E-state index contributed by atoms with van der Waals surface area (Å²) in [5, 5.41) is 65.3. The maximum Gasteiger partial charge on any atom is 0.186 e. The van der Waals surface area contributed by atoms with E-state index in [9.17, 15) is 30.6 Å². The lowest BCUT2D eigenvalue weighted by molar-refractivity contribution is -0.309. The Kier molecular flexibility index (Phi) is 9.11. The van der Waals surface area contributed by atoms with Crippen LogP contribution in [0.5, 0.6) is 0 Å². The van der Waals surface area contributed by atoms with Crippen LogP contribution in [0, 0.1) is 46.3 Å². The van der Waals surface area contributed by atoms with E-state index < -0.39 is 42.9 Å². The van der Waals surface area contributed by atoms with Gasteiger partial charge < -0.3 is 40.1 Å². The molecule has 4 aliphatic carbocycles. The summed E-state index contributed by atoms with van der Waals surface area (Å²) in [5.41, 5.74) is 0.848. The maximum atomic E-state index is 11.9. The summed E-state index contributed by atoms with van der Waals surface area (Å²) in [7, 11) is 0. The third-order valence-electron chi connectivity index (χ3n) is 12.4. The van der Waals surface area contributed by atoms with E-state index in [1.165, 1.54) is 5.57 Å². The van der Waals surface area contributed by atoms with Gasteiger partial charge in [0, 0.05) is 0 Å². The fourth-order valence-electron chi connectivity index (χ4n) is 10.2. The van der Waals surface area contributed by atoms with Crippen LogP contribution < -0.4 is 0 Å². The Hall–Kier alpha value is -0.580. The number of ether oxygens (including phenoxy) is 2. The second-order valence-electron chi connectivity index (χ2n) is 15.4. The first-order chi connectivity index (χ1) is 19.2. The largest absolute Gasteiger partial charge is 0.393 e. The molecular formula is C33H56O8. The molecule has 8 nitrogen and oxygen atoms in total. The third-order valence-corrected chi connectivity index (χ3v) is 12.4. The monoisotopic (exact) mass is 580 g/mol. The van der Waals surface area contributed by atoms with Gasteiger partial charge >= 0.3 is 0 Å². The summed E-state index contributed by atoms with van der Waals surface area (Å²) in [6.07, 6.45) is 1.01. The molecule has 1 saturated heterocycles. The lowest BCUT2D eigenvalue weighted by atomic mass is 9.46. The minimum atomic E-state index is -1.38. The standard InChI is InChI=1S/C33H56O8/c1-16(2)7-10-23(35)17(3)26-25(41-31-30(39)29(38)28(37)18(4)40-31)14-22-21-9-8-19-13-20(34)11-12-32(19,5)27(21)24(36)15-33(22,26)6/h8,16-18,20-31,34-39H,7,9-15H2,1-6H3/t17-,18+,20?,21+,22+,23?,24?,25?,26+,27-,28+,29-,30-,31+,32+,33+/m1/s1. The van der Waals surface area contributed by atoms with Crippen molar-refractivity contribution in [1.29, 1.82) is 0 Å². The Morgan fingerprint density at radius 2 is 1.73 bits per heavy atom. The first-order valence-corrected chi connectivity index (χ1v) is 16.3. The lowest BCUT2D eigenvalue weighted by Crippen LogP contribution is -2.58. The van der Waals surface area contributed by atoms with Crippen molar-refractivity contribution < 1.29 is 40.1 Å². The fraction of sp³-hybridized carbons (Fsp3) is 0.939. The van der Waals surface area contributed by atoms with E-state index in [4.69, 9.17) is 9.47 Å². The van der Waals surface area contributed by atoms with E-state index in [0.717, 1.165) is 32.1 Å². The second-order valence-corrected chi connectivity index (χ2v) is 15.4. The molecule has 0 bridgehead atoms. The molecule has 5 aliphatic rings. The van der Waals surface area contributed by atoms with Crippen LogP contribution in [-0.2, 0) is 9.47 Å². The molecule has 4 unspecified atom stereocenters. The van der Waals surface area contributed by atoms with Gasteiger partial charge in [0.05, 0.1) is 30.5 Å². The van der Waals surface area contributed by atoms with Crippen molar-refractivity contribution in [3.63, 3.8) is 0 Å². The zero-order chi connectivity index (χ0) is 30.0. The highest BCUT2D eigenvalue weighted by Crippen LogP contribution is 2.68. The molecule has 236 valence electrons. The summed E-state index contributed by atoms with van der Waals surface area (Å²) in [4.78, 5) is 0. The molecule has 0 aromatic carbocycles. The Bertz CT molecular complexity index is 956. The molecule has 1 heterocycles. The van der Waals surface area contributed by atoms with Crippen LogP contribution >= 0.6 is 0 Å². The van der Waals surface area contributed by atoms with E-state index in [1.807, 2.05) is 0 Å². The summed E-state index contributed by atoms with van der Waals surface area (Å²) in [6.45, 7) is 12.6. The van der Waals surface area contributed by atoms with Gasteiger partial charge in [-0.05, 0) is 105 Å². The molecule has 0 amide bonds. The number of hydrogen-bond donors (Lipinski definition) is 6. The average Bonchev–Trinajstić information content (AvgIpc) is 3.19. The van der Waals surface area contributed by atoms with Crippen LogP contribution in [0.15, 0.2) is 11.6 Å². The second kappa shape index (κ2) is 11.7. The Morgan fingerprint density at radius 3 is 2.41 bits per heavy atom. The van der Waals surface area contributed by atoms with Crippen LogP contribution in [0.3, 0.4) is 0 Å². The number of hydrogen-bond acceptors (Lipinski definition) is 8. The van der Waals surface area contributed by atoms with E-state index >= 15 is 0 Å². The molecule has 4 fully saturated rings. The highest BCUT2D eigenvalue weighted by molar-refractivity contribution is 5.27. The number of aliphatic hydroxyl groups is 6. The van der Waals surface area contributed by atoms with Gasteiger partial charge in [-0.15, -0.1) is 0 Å². The molecule has 8 heteroatoms. The van der Waals surface area contributed by atoms with Gasteiger partial charge in [0.15, 0.2) is 6.29 Å². The molecule has 3 saturated carbocycles. The highest BCUT2D eigenvalue weighted by Gasteiger charge is 2.65. The van der Waals surface area contributed by atoms with Gasteiger partial charge in [0.25, 0.3) is 0 Å². The first-order valence-electron chi connectivity index (χ1n) is 16.3. The van der Waals surface area contributed by atoms with Gasteiger partial charge in [-0.2, -0.15) is 0 Å². The number of aliphatic hydroxyl groups excluding tert-OH is 6. The van der Waals surface area contributed by atoms with Gasteiger partial charge in [-0.1, -0.05) is 46.3 Å². The van der Waals surface area contributed by atoms with Crippen molar-refractivity contribution in [1.82, 2.24) is 0 Å². The molecule has 0 aromatic rings. The average molecular weight is 581 g/mol. The van der Waals surface area contributed by atoms with Gasteiger partial charge in [0.1, 0.15) is 18.3 Å². The van der Waals surface area contributed by atoms with Gasteiger partial charge in [0.2, 0.25) is 0 Å². The number of allylic oxidation sites excluding steroid dienone is 1. The molecule has 5 rings (SSSR count). The molecular weight excluding hydrogens is 524 g/mol. The summed E-state index contributed by atoms with van der Waals surface area (Å²) >= 11 is 0. The molecule has 0 aromatic heterocycles. The zero-order valence-electron chi connectivity index (χ0n) is 25.9. The molecule has 1 aliphatic heterocycles. The fourth-order valence-corrected chi connectivity index (χ4v) is 10.2. The van der Waals surface area contributed by atoms with Crippen LogP contribution in [0.25, 0.3) is 0 Å². The Morgan fingerprint density at radius 1 is 1.02 bits per heavy atom. The van der Waals surface area contributed by atoms with E-state index in [2.05, 4.69) is 40.7 Å². The Balaban J connectivity index is 1.47. The maximum absolute atomic E-state index is 11.9. The van der Waals surface area contributed by atoms with Crippen molar-refractivity contribution in [3.8, 4) is 0 Å². The van der Waals surface area contributed by atoms with Crippen LogP contribution in [-0.4, -0.2) is 85.8 Å². The number of fused-ring (bicyclic) bond motifs is 5. The van der Waals surface area contributed by atoms with E-state index in [-0.39, 0.29) is 52.6 Å². The lowest BCUT2D eigenvalue weighted by Gasteiger charge is -2.60. The minimum absolute atomic E-state index is 0.0910. The molecule has 0 radical (unpaired) electrons. The van der Waals surface area contributed by atoms with Crippen molar-refractivity contribution in [2.24, 2.45) is 46.3 Å². The minimum Gasteiger partial charge on any atom is -0.393 e. The van der Waals surface area contributed by atoms with Crippen molar-refractivity contribution >= 4 is 0 Å². The highest BCUT2D eigenvalue weighted by atomic mass is 16.7. The van der Waals surface area contributed by atoms with Crippen LogP contribution in [0.2, 0.25) is 0 Å². The molecule has 41 heavy (non-hydrogen) atoms. The van der Waals surface area contributed by atoms with Gasteiger partial charge in [-0.25, -0.2) is 0 Å². The van der Waals surface area contributed by atoms with E-state index in [1.54, 1.807) is 6.92 Å². The molecule has 6 N–H and O–H groups in total. The summed E-state index contributed by atoms with van der Waals surface area (Å²) in [6, 6.07) is 0. The van der Waals surface area contributed by atoms with Crippen molar-refractivity contribution in [3.05, 3.63) is 11.6 Å². The first kappa shape index (κ1) is 31.8. The van der Waals surface area contributed by atoms with Crippen LogP contribution in [0.4, 0.5) is 0 Å². The summed E-state index contributed by atoms with van der Waals surface area (Å²) in [5.74, 6) is 0.856. The van der Waals surface area contributed by atoms with Crippen molar-refractivity contribution in [2.45, 2.75) is 148 Å². The summed E-state index contributed by atoms with van der Waals surface area (Å²) < 4.78 is 12.5. The van der Waals surface area contributed by atoms with Crippen molar-refractivity contribution in [2.75, 3.05) is 0 Å². The molecule has 16 atom stereocenters. The van der Waals surface area contributed by atoms with Gasteiger partial charge in [-0.3, -0.25) is 0 Å². The third kappa shape index (κ3) is 5.47. The normalized spacial score (nSPS) is 51.4. The predicted molar refractivity (Wildman–Crippen MR) is 154 cm³/mol. The SMILES string of the molecule is CC(C)CCC(O)[C@@H](C)[C@H]1C(O[C@@H]2O[C@@H](C)[C@H](O)[C@@H](O)[C@H]2O)C[C@H]2[C@@H]3CC=C4CC(O)CC[C@]4(C)[C@H]3C(O)C[C@]12C. The Labute approximate surface area is 246 Å². The quantitative estimate of drug-likeness (QED) is 0.253. The number of rotatable bonds is 7. The smallest absolute Gasteiger partial charge is 0.186 e. The predicted octanol–water partition coefficient (Wildman–Crippen LogP) is 3.15. The van der Waals surface area contributed by atoms with Crippen LogP contribution in [0.1, 0.15) is 92.9 Å². The van der Waals surface area contributed by atoms with E-state index in [0.29, 0.717) is 25.2 Å².